The summed E-state index contributed by atoms with van der Waals surface area (Å²) < 4.78 is 53.7. The van der Waals surface area contributed by atoms with E-state index in [2.05, 4.69) is 5.32 Å². The zero-order chi connectivity index (χ0) is 19.3. The lowest BCUT2D eigenvalue weighted by atomic mass is 10.1. The Balaban J connectivity index is 1.37. The molecule has 27 heavy (non-hydrogen) atoms. The number of amides is 1. The fourth-order valence-corrected chi connectivity index (χ4v) is 2.56. The molecule has 5 nitrogen and oxygen atoms in total. The predicted octanol–water partition coefficient (Wildman–Crippen LogP) is 3.56. The Morgan fingerprint density at radius 2 is 1.93 bits per heavy atom. The Bertz CT molecular complexity index is 808. The maximum Gasteiger partial charge on any atom is 0.416 e. The number of ether oxygens (including phenoxy) is 3. The zero-order valence-corrected chi connectivity index (χ0v) is 14.3. The summed E-state index contributed by atoms with van der Waals surface area (Å²) in [6.45, 7) is 0.485. The third-order valence-electron chi connectivity index (χ3n) is 3.93. The molecule has 1 N–H and O–H groups in total. The summed E-state index contributed by atoms with van der Waals surface area (Å²) in [6, 6.07) is 10.1. The summed E-state index contributed by atoms with van der Waals surface area (Å²) in [5.41, 5.74) is 0.183. The van der Waals surface area contributed by atoms with Crippen molar-refractivity contribution in [2.24, 2.45) is 0 Å². The lowest BCUT2D eigenvalue weighted by molar-refractivity contribution is -0.137. The van der Waals surface area contributed by atoms with Gasteiger partial charge < -0.3 is 19.5 Å². The van der Waals surface area contributed by atoms with Crippen LogP contribution in [-0.4, -0.2) is 25.9 Å². The Morgan fingerprint density at radius 3 is 2.74 bits per heavy atom. The molecule has 0 saturated heterocycles. The minimum Gasteiger partial charge on any atom is -0.492 e. The molecule has 0 bridgehead atoms. The fraction of sp³-hybridized carbons (Fsp3) is 0.316. The van der Waals surface area contributed by atoms with Crippen LogP contribution in [0.1, 0.15) is 17.5 Å². The van der Waals surface area contributed by atoms with E-state index in [1.807, 2.05) is 12.1 Å². The van der Waals surface area contributed by atoms with Crippen molar-refractivity contribution < 1.29 is 32.2 Å². The average molecular weight is 381 g/mol. The van der Waals surface area contributed by atoms with E-state index < -0.39 is 11.7 Å². The first-order chi connectivity index (χ1) is 12.9. The molecule has 2 aromatic rings. The zero-order valence-electron chi connectivity index (χ0n) is 14.3. The molecular weight excluding hydrogens is 363 g/mol. The largest absolute Gasteiger partial charge is 0.492 e. The van der Waals surface area contributed by atoms with Gasteiger partial charge in [-0.15, -0.1) is 0 Å². The third-order valence-corrected chi connectivity index (χ3v) is 3.93. The molecule has 1 aliphatic rings. The second-order valence-corrected chi connectivity index (χ2v) is 5.91. The number of hydrogen-bond acceptors (Lipinski definition) is 4. The molecule has 0 aliphatic carbocycles. The van der Waals surface area contributed by atoms with Crippen LogP contribution in [0, 0.1) is 0 Å². The SMILES string of the molecule is O=C(CCc1ccc2c(c1)OCO2)NCCOc1cccc(C(F)(F)F)c1. The first-order valence-corrected chi connectivity index (χ1v) is 8.37. The van der Waals surface area contributed by atoms with E-state index in [9.17, 15) is 18.0 Å². The van der Waals surface area contributed by atoms with Crippen LogP contribution in [0.15, 0.2) is 42.5 Å². The molecule has 1 amide bonds. The van der Waals surface area contributed by atoms with Crippen molar-refractivity contribution in [1.29, 1.82) is 0 Å². The standard InChI is InChI=1S/C19H18F3NO4/c20-19(21,22)14-2-1-3-15(11-14)25-9-8-23-18(24)7-5-13-4-6-16-17(10-13)27-12-26-16/h1-4,6,10-11H,5,7-9,12H2,(H,23,24). The normalized spacial score (nSPS) is 12.7. The van der Waals surface area contributed by atoms with Gasteiger partial charge in [0.15, 0.2) is 11.5 Å². The van der Waals surface area contributed by atoms with E-state index in [0.717, 1.165) is 17.7 Å². The van der Waals surface area contributed by atoms with Crippen LogP contribution in [0.3, 0.4) is 0 Å². The first kappa shape index (κ1) is 18.9. The van der Waals surface area contributed by atoms with Crippen molar-refractivity contribution in [1.82, 2.24) is 5.32 Å². The van der Waals surface area contributed by atoms with Crippen molar-refractivity contribution in [3.05, 3.63) is 53.6 Å². The van der Waals surface area contributed by atoms with E-state index in [1.165, 1.54) is 12.1 Å². The molecule has 144 valence electrons. The van der Waals surface area contributed by atoms with Gasteiger partial charge in [0, 0.05) is 6.42 Å². The van der Waals surface area contributed by atoms with Crippen molar-refractivity contribution in [3.8, 4) is 17.2 Å². The van der Waals surface area contributed by atoms with Crippen LogP contribution in [0.5, 0.6) is 17.2 Å². The minimum absolute atomic E-state index is 0.0804. The minimum atomic E-state index is -4.41. The number of aryl methyl sites for hydroxylation is 1. The number of benzene rings is 2. The molecule has 8 heteroatoms. The van der Waals surface area contributed by atoms with Gasteiger partial charge >= 0.3 is 6.18 Å². The van der Waals surface area contributed by atoms with Crippen molar-refractivity contribution in [3.63, 3.8) is 0 Å². The second-order valence-electron chi connectivity index (χ2n) is 5.91. The maximum atomic E-state index is 12.6. The molecular formula is C19H18F3NO4. The summed E-state index contributed by atoms with van der Waals surface area (Å²) in [4.78, 5) is 11.9. The van der Waals surface area contributed by atoms with E-state index >= 15 is 0 Å². The summed E-state index contributed by atoms with van der Waals surface area (Å²) in [6.07, 6.45) is -3.59. The summed E-state index contributed by atoms with van der Waals surface area (Å²) in [7, 11) is 0. The van der Waals surface area contributed by atoms with E-state index in [1.54, 1.807) is 6.07 Å². The lowest BCUT2D eigenvalue weighted by Gasteiger charge is -2.11. The molecule has 0 spiro atoms. The topological polar surface area (TPSA) is 56.8 Å². The van der Waals surface area contributed by atoms with Gasteiger partial charge in [-0.2, -0.15) is 13.2 Å². The number of carbonyl (C=O) groups excluding carboxylic acids is 1. The number of nitrogens with one attached hydrogen (secondary N) is 1. The quantitative estimate of drug-likeness (QED) is 0.745. The van der Waals surface area contributed by atoms with Gasteiger partial charge in [-0.25, -0.2) is 0 Å². The van der Waals surface area contributed by atoms with Crippen LogP contribution >= 0.6 is 0 Å². The van der Waals surface area contributed by atoms with Crippen LogP contribution in [-0.2, 0) is 17.4 Å². The van der Waals surface area contributed by atoms with E-state index in [4.69, 9.17) is 14.2 Å². The molecule has 2 aromatic carbocycles. The van der Waals surface area contributed by atoms with Crippen LogP contribution < -0.4 is 19.5 Å². The Kier molecular flexibility index (Phi) is 5.73. The lowest BCUT2D eigenvalue weighted by Crippen LogP contribution is -2.28. The molecule has 0 radical (unpaired) electrons. The number of hydrogen-bond donors (Lipinski definition) is 1. The van der Waals surface area contributed by atoms with Gasteiger partial charge in [-0.05, 0) is 42.3 Å². The summed E-state index contributed by atoms with van der Waals surface area (Å²) in [5, 5.41) is 2.68. The van der Waals surface area contributed by atoms with Crippen molar-refractivity contribution in [2.75, 3.05) is 19.9 Å². The highest BCUT2D eigenvalue weighted by Crippen LogP contribution is 2.33. The van der Waals surface area contributed by atoms with Crippen molar-refractivity contribution in [2.45, 2.75) is 19.0 Å². The van der Waals surface area contributed by atoms with Gasteiger partial charge in [0.2, 0.25) is 12.7 Å². The maximum absolute atomic E-state index is 12.6. The monoisotopic (exact) mass is 381 g/mol. The number of fused-ring (bicyclic) bond motifs is 1. The summed E-state index contributed by atoms with van der Waals surface area (Å²) >= 11 is 0. The second kappa shape index (κ2) is 8.20. The molecule has 0 aromatic heterocycles. The fourth-order valence-electron chi connectivity index (χ4n) is 2.56. The highest BCUT2D eigenvalue weighted by molar-refractivity contribution is 5.76. The van der Waals surface area contributed by atoms with Gasteiger partial charge in [0.25, 0.3) is 0 Å². The number of rotatable bonds is 7. The van der Waals surface area contributed by atoms with E-state index in [0.29, 0.717) is 17.9 Å². The van der Waals surface area contributed by atoms with E-state index in [-0.39, 0.29) is 38.0 Å². The summed E-state index contributed by atoms with van der Waals surface area (Å²) in [5.74, 6) is 1.30. The molecule has 0 atom stereocenters. The Hall–Kier alpha value is -2.90. The first-order valence-electron chi connectivity index (χ1n) is 8.37. The molecule has 0 saturated carbocycles. The highest BCUT2D eigenvalue weighted by atomic mass is 19.4. The number of alkyl halides is 3. The Labute approximate surface area is 154 Å². The number of halogens is 3. The van der Waals surface area contributed by atoms with Crippen molar-refractivity contribution >= 4 is 5.91 Å². The van der Waals surface area contributed by atoms with Gasteiger partial charge in [0.1, 0.15) is 12.4 Å². The third kappa shape index (κ3) is 5.29. The van der Waals surface area contributed by atoms with Gasteiger partial charge in [-0.1, -0.05) is 12.1 Å². The van der Waals surface area contributed by atoms with Gasteiger partial charge in [-0.3, -0.25) is 4.79 Å². The average Bonchev–Trinajstić information content (AvgIpc) is 3.11. The Morgan fingerprint density at radius 1 is 1.11 bits per heavy atom. The van der Waals surface area contributed by atoms with Gasteiger partial charge in [0.05, 0.1) is 12.1 Å². The highest BCUT2D eigenvalue weighted by Gasteiger charge is 2.30. The number of carbonyl (C=O) groups is 1. The van der Waals surface area contributed by atoms with Crippen LogP contribution in [0.25, 0.3) is 0 Å². The molecule has 1 heterocycles. The molecule has 3 rings (SSSR count). The predicted molar refractivity (Wildman–Crippen MR) is 90.8 cm³/mol. The molecule has 0 fully saturated rings. The molecule has 0 unspecified atom stereocenters. The molecule has 1 aliphatic heterocycles. The van der Waals surface area contributed by atoms with Crippen LogP contribution in [0.4, 0.5) is 13.2 Å². The smallest absolute Gasteiger partial charge is 0.416 e. The van der Waals surface area contributed by atoms with Crippen LogP contribution in [0.2, 0.25) is 0 Å².